The van der Waals surface area contributed by atoms with Crippen LogP contribution in [0.5, 0.6) is 0 Å². The van der Waals surface area contributed by atoms with Crippen molar-refractivity contribution >= 4 is 0 Å². The number of aromatic nitrogens is 2. The van der Waals surface area contributed by atoms with E-state index in [2.05, 4.69) is 4.98 Å². The van der Waals surface area contributed by atoms with E-state index in [0.717, 1.165) is 5.82 Å². The van der Waals surface area contributed by atoms with Crippen LogP contribution in [0.15, 0.2) is 12.4 Å². The lowest BCUT2D eigenvalue weighted by atomic mass is 10.4. The second-order valence-corrected chi connectivity index (χ2v) is 3.65. The standard InChI is InChI=1S/C10H18F2N4/c1-9-14-3-5-16(9)7-6-15(4-2-13)8-10(11)12/h3,5,10H,2,4,6-8,13H2,1H3. The quantitative estimate of drug-likeness (QED) is 0.753. The van der Waals surface area contributed by atoms with E-state index >= 15 is 0 Å². The third kappa shape index (κ3) is 4.24. The van der Waals surface area contributed by atoms with Crippen molar-refractivity contribution in [1.29, 1.82) is 0 Å². The summed E-state index contributed by atoms with van der Waals surface area (Å²) in [7, 11) is 0. The van der Waals surface area contributed by atoms with Crippen LogP contribution in [-0.2, 0) is 6.54 Å². The van der Waals surface area contributed by atoms with Crippen LogP contribution in [-0.4, -0.2) is 47.1 Å². The maximum absolute atomic E-state index is 12.3. The maximum Gasteiger partial charge on any atom is 0.251 e. The van der Waals surface area contributed by atoms with E-state index in [1.807, 2.05) is 17.7 Å². The van der Waals surface area contributed by atoms with Gasteiger partial charge in [-0.25, -0.2) is 13.8 Å². The van der Waals surface area contributed by atoms with Crippen molar-refractivity contribution in [1.82, 2.24) is 14.5 Å². The average Bonchev–Trinajstić information content (AvgIpc) is 2.60. The molecule has 92 valence electrons. The third-order valence-electron chi connectivity index (χ3n) is 2.42. The summed E-state index contributed by atoms with van der Waals surface area (Å²) >= 11 is 0. The van der Waals surface area contributed by atoms with Crippen LogP contribution in [0.1, 0.15) is 5.82 Å². The second kappa shape index (κ2) is 6.55. The maximum atomic E-state index is 12.3. The van der Waals surface area contributed by atoms with Gasteiger partial charge in [-0.2, -0.15) is 0 Å². The van der Waals surface area contributed by atoms with Crippen LogP contribution in [0.3, 0.4) is 0 Å². The van der Waals surface area contributed by atoms with Gasteiger partial charge in [0.25, 0.3) is 6.43 Å². The van der Waals surface area contributed by atoms with Gasteiger partial charge in [-0.15, -0.1) is 0 Å². The molecular formula is C10H18F2N4. The summed E-state index contributed by atoms with van der Waals surface area (Å²) in [6.45, 7) is 3.80. The molecule has 0 bridgehead atoms. The molecule has 0 fully saturated rings. The zero-order chi connectivity index (χ0) is 12.0. The molecule has 0 saturated heterocycles. The number of nitrogens with two attached hydrogens (primary N) is 1. The minimum Gasteiger partial charge on any atom is -0.334 e. The van der Waals surface area contributed by atoms with Crippen molar-refractivity contribution in [2.24, 2.45) is 5.73 Å². The summed E-state index contributed by atoms with van der Waals surface area (Å²) in [5.74, 6) is 0.893. The zero-order valence-corrected chi connectivity index (χ0v) is 9.44. The molecular weight excluding hydrogens is 214 g/mol. The number of rotatable bonds is 7. The lowest BCUT2D eigenvalue weighted by molar-refractivity contribution is 0.0878. The van der Waals surface area contributed by atoms with Gasteiger partial charge in [-0.05, 0) is 6.92 Å². The zero-order valence-electron chi connectivity index (χ0n) is 9.44. The molecule has 6 heteroatoms. The molecule has 0 unspecified atom stereocenters. The van der Waals surface area contributed by atoms with Crippen LogP contribution >= 0.6 is 0 Å². The average molecular weight is 232 g/mol. The van der Waals surface area contributed by atoms with E-state index < -0.39 is 6.43 Å². The topological polar surface area (TPSA) is 47.1 Å². The number of nitrogens with zero attached hydrogens (tertiary/aromatic N) is 3. The Kier molecular flexibility index (Phi) is 5.34. The highest BCUT2D eigenvalue weighted by atomic mass is 19.3. The Hall–Kier alpha value is -1.01. The van der Waals surface area contributed by atoms with Gasteiger partial charge >= 0.3 is 0 Å². The number of hydrogen-bond donors (Lipinski definition) is 1. The Morgan fingerprint density at radius 2 is 2.25 bits per heavy atom. The minimum absolute atomic E-state index is 0.217. The predicted octanol–water partition coefficient (Wildman–Crippen LogP) is 0.717. The summed E-state index contributed by atoms with van der Waals surface area (Å²) < 4.78 is 26.4. The number of hydrogen-bond acceptors (Lipinski definition) is 3. The van der Waals surface area contributed by atoms with Crippen molar-refractivity contribution < 1.29 is 8.78 Å². The number of imidazole rings is 1. The van der Waals surface area contributed by atoms with Crippen LogP contribution in [0.25, 0.3) is 0 Å². The minimum atomic E-state index is -2.31. The molecule has 1 rings (SSSR count). The van der Waals surface area contributed by atoms with Gasteiger partial charge in [0.15, 0.2) is 0 Å². The largest absolute Gasteiger partial charge is 0.334 e. The molecule has 0 spiro atoms. The molecule has 0 atom stereocenters. The highest BCUT2D eigenvalue weighted by molar-refractivity contribution is 4.88. The monoisotopic (exact) mass is 232 g/mol. The molecule has 0 aliphatic heterocycles. The molecule has 0 aliphatic rings. The summed E-state index contributed by atoms with van der Waals surface area (Å²) in [5.41, 5.74) is 5.38. The summed E-state index contributed by atoms with van der Waals surface area (Å²) in [6, 6.07) is 0. The van der Waals surface area contributed by atoms with Crippen molar-refractivity contribution in [3.05, 3.63) is 18.2 Å². The van der Waals surface area contributed by atoms with Crippen LogP contribution in [0.4, 0.5) is 8.78 Å². The molecule has 16 heavy (non-hydrogen) atoms. The molecule has 0 aliphatic carbocycles. The lowest BCUT2D eigenvalue weighted by Crippen LogP contribution is -2.36. The first-order valence-electron chi connectivity index (χ1n) is 5.31. The van der Waals surface area contributed by atoms with Crippen molar-refractivity contribution in [3.8, 4) is 0 Å². The highest BCUT2D eigenvalue weighted by Crippen LogP contribution is 2.00. The molecule has 1 aromatic heterocycles. The van der Waals surface area contributed by atoms with Gasteiger partial charge in [-0.1, -0.05) is 0 Å². The SMILES string of the molecule is Cc1nccn1CCN(CCN)CC(F)F. The van der Waals surface area contributed by atoms with E-state index in [0.29, 0.717) is 26.2 Å². The Morgan fingerprint density at radius 3 is 2.75 bits per heavy atom. The van der Waals surface area contributed by atoms with Crippen LogP contribution in [0, 0.1) is 6.92 Å². The Balaban J connectivity index is 2.40. The Bertz CT molecular complexity index is 301. The van der Waals surface area contributed by atoms with Crippen molar-refractivity contribution in [3.63, 3.8) is 0 Å². The molecule has 2 N–H and O–H groups in total. The fourth-order valence-electron chi connectivity index (χ4n) is 1.56. The molecule has 1 heterocycles. The fraction of sp³-hybridized carbons (Fsp3) is 0.700. The predicted molar refractivity (Wildman–Crippen MR) is 58.5 cm³/mol. The number of alkyl halides is 2. The van der Waals surface area contributed by atoms with Gasteiger partial charge < -0.3 is 10.3 Å². The normalized spacial score (nSPS) is 11.6. The van der Waals surface area contributed by atoms with Crippen LogP contribution in [0.2, 0.25) is 0 Å². The van der Waals surface area contributed by atoms with Crippen molar-refractivity contribution in [2.75, 3.05) is 26.2 Å². The summed E-state index contributed by atoms with van der Waals surface area (Å²) in [6.07, 6.45) is 1.24. The molecule has 0 aromatic carbocycles. The summed E-state index contributed by atoms with van der Waals surface area (Å²) in [4.78, 5) is 5.74. The second-order valence-electron chi connectivity index (χ2n) is 3.65. The molecule has 4 nitrogen and oxygen atoms in total. The van der Waals surface area contributed by atoms with Crippen molar-refractivity contribution in [2.45, 2.75) is 19.9 Å². The van der Waals surface area contributed by atoms with E-state index in [-0.39, 0.29) is 6.54 Å². The number of halogens is 2. The molecule has 0 amide bonds. The highest BCUT2D eigenvalue weighted by Gasteiger charge is 2.11. The molecule has 0 radical (unpaired) electrons. The Labute approximate surface area is 94.1 Å². The Morgan fingerprint density at radius 1 is 1.50 bits per heavy atom. The van der Waals surface area contributed by atoms with Gasteiger partial charge in [0, 0.05) is 38.6 Å². The van der Waals surface area contributed by atoms with E-state index in [9.17, 15) is 8.78 Å². The summed E-state index contributed by atoms with van der Waals surface area (Å²) in [5, 5.41) is 0. The van der Waals surface area contributed by atoms with Crippen LogP contribution < -0.4 is 5.73 Å². The first-order chi connectivity index (χ1) is 7.63. The smallest absolute Gasteiger partial charge is 0.251 e. The van der Waals surface area contributed by atoms with E-state index in [1.54, 1.807) is 11.1 Å². The first-order valence-corrected chi connectivity index (χ1v) is 5.31. The van der Waals surface area contributed by atoms with E-state index in [1.165, 1.54) is 0 Å². The van der Waals surface area contributed by atoms with Gasteiger partial charge in [0.1, 0.15) is 5.82 Å². The molecule has 1 aromatic rings. The first kappa shape index (κ1) is 13.1. The third-order valence-corrected chi connectivity index (χ3v) is 2.42. The molecule has 0 saturated carbocycles. The van der Waals surface area contributed by atoms with Gasteiger partial charge in [-0.3, -0.25) is 4.90 Å². The number of aryl methyl sites for hydroxylation is 1. The van der Waals surface area contributed by atoms with Gasteiger partial charge in [0.2, 0.25) is 0 Å². The van der Waals surface area contributed by atoms with E-state index in [4.69, 9.17) is 5.73 Å². The fourth-order valence-corrected chi connectivity index (χ4v) is 1.56. The van der Waals surface area contributed by atoms with Gasteiger partial charge in [0.05, 0.1) is 6.54 Å². The lowest BCUT2D eigenvalue weighted by Gasteiger charge is -2.21.